The van der Waals surface area contributed by atoms with Gasteiger partial charge in [-0.2, -0.15) is 18.2 Å². The van der Waals surface area contributed by atoms with E-state index in [9.17, 15) is 13.2 Å². The third-order valence-electron chi connectivity index (χ3n) is 4.63. The molecule has 1 aromatic heterocycles. The van der Waals surface area contributed by atoms with Crippen molar-refractivity contribution in [2.45, 2.75) is 45.7 Å². The topological polar surface area (TPSA) is 49.8 Å². The number of halogens is 3. The summed E-state index contributed by atoms with van der Waals surface area (Å²) >= 11 is 0. The minimum absolute atomic E-state index is 0.0928. The zero-order valence-corrected chi connectivity index (χ0v) is 17.1. The van der Waals surface area contributed by atoms with Gasteiger partial charge in [-0.25, -0.2) is 4.98 Å². The van der Waals surface area contributed by atoms with Crippen molar-refractivity contribution >= 4 is 23.1 Å². The first-order chi connectivity index (χ1) is 14.3. The fraction of sp³-hybridized carbons (Fsp3) is 0.304. The molecule has 0 saturated heterocycles. The van der Waals surface area contributed by atoms with Crippen molar-refractivity contribution in [3.63, 3.8) is 0 Å². The first-order valence-electron chi connectivity index (χ1n) is 9.99. The van der Waals surface area contributed by atoms with Crippen molar-refractivity contribution in [2.24, 2.45) is 0 Å². The number of alkyl halides is 3. The Morgan fingerprint density at radius 3 is 2.37 bits per heavy atom. The molecule has 1 heterocycles. The van der Waals surface area contributed by atoms with Crippen LogP contribution < -0.4 is 10.6 Å². The summed E-state index contributed by atoms with van der Waals surface area (Å²) in [7, 11) is 0. The Kier molecular flexibility index (Phi) is 6.92. The van der Waals surface area contributed by atoms with Crippen LogP contribution in [0, 0.1) is 6.92 Å². The molecule has 0 unspecified atom stereocenters. The number of rotatable bonds is 8. The van der Waals surface area contributed by atoms with E-state index in [1.165, 1.54) is 0 Å². The van der Waals surface area contributed by atoms with Crippen LogP contribution in [-0.4, -0.2) is 9.97 Å². The SMILES string of the molecule is CCCCCc1cccc(Nc2nc(Nc3cccc(C)c3)ncc2C(F)(F)F)c1. The molecule has 0 aliphatic heterocycles. The Labute approximate surface area is 174 Å². The molecule has 2 aromatic carbocycles. The fourth-order valence-corrected chi connectivity index (χ4v) is 3.12. The Morgan fingerprint density at radius 2 is 1.67 bits per heavy atom. The van der Waals surface area contributed by atoms with Crippen molar-refractivity contribution in [1.82, 2.24) is 9.97 Å². The number of hydrogen-bond acceptors (Lipinski definition) is 4. The van der Waals surface area contributed by atoms with Crippen LogP contribution >= 0.6 is 0 Å². The summed E-state index contributed by atoms with van der Waals surface area (Å²) in [6.07, 6.45) is 0.410. The average Bonchev–Trinajstić information content (AvgIpc) is 2.68. The summed E-state index contributed by atoms with van der Waals surface area (Å²) < 4.78 is 40.5. The molecule has 0 aliphatic rings. The maximum Gasteiger partial charge on any atom is 0.421 e. The molecule has 3 rings (SSSR count). The van der Waals surface area contributed by atoms with Crippen LogP contribution in [0.25, 0.3) is 0 Å². The van der Waals surface area contributed by atoms with Gasteiger partial charge in [0.25, 0.3) is 0 Å². The molecule has 158 valence electrons. The van der Waals surface area contributed by atoms with Gasteiger partial charge in [0, 0.05) is 17.6 Å². The summed E-state index contributed by atoms with van der Waals surface area (Å²) in [6.45, 7) is 4.06. The summed E-state index contributed by atoms with van der Waals surface area (Å²) in [5, 5.41) is 5.80. The molecule has 4 nitrogen and oxygen atoms in total. The second-order valence-electron chi connectivity index (χ2n) is 7.23. The minimum atomic E-state index is -4.57. The molecule has 0 aliphatic carbocycles. The zero-order valence-electron chi connectivity index (χ0n) is 17.1. The van der Waals surface area contributed by atoms with Crippen LogP contribution in [0.5, 0.6) is 0 Å². The molecule has 0 atom stereocenters. The van der Waals surface area contributed by atoms with Gasteiger partial charge in [-0.3, -0.25) is 0 Å². The van der Waals surface area contributed by atoms with Gasteiger partial charge in [0.1, 0.15) is 11.4 Å². The van der Waals surface area contributed by atoms with Crippen LogP contribution in [-0.2, 0) is 12.6 Å². The van der Waals surface area contributed by atoms with Crippen LogP contribution in [0.1, 0.15) is 42.9 Å². The van der Waals surface area contributed by atoms with Gasteiger partial charge in [0.05, 0.1) is 0 Å². The number of nitrogens with zero attached hydrogens (tertiary/aromatic N) is 2. The Morgan fingerprint density at radius 1 is 0.933 bits per heavy atom. The molecule has 30 heavy (non-hydrogen) atoms. The van der Waals surface area contributed by atoms with Crippen LogP contribution in [0.3, 0.4) is 0 Å². The summed E-state index contributed by atoms with van der Waals surface area (Å²) in [5.41, 5.74) is 2.46. The summed E-state index contributed by atoms with van der Waals surface area (Å²) in [4.78, 5) is 7.97. The smallest absolute Gasteiger partial charge is 0.340 e. The highest BCUT2D eigenvalue weighted by Crippen LogP contribution is 2.35. The van der Waals surface area contributed by atoms with E-state index in [0.717, 1.165) is 43.0 Å². The highest BCUT2D eigenvalue weighted by molar-refractivity contribution is 5.63. The van der Waals surface area contributed by atoms with E-state index >= 15 is 0 Å². The molecule has 3 aromatic rings. The van der Waals surface area contributed by atoms with E-state index < -0.39 is 11.7 Å². The molecule has 7 heteroatoms. The Bertz CT molecular complexity index is 986. The molecule has 0 bridgehead atoms. The molecule has 0 spiro atoms. The number of benzene rings is 2. The number of aromatic nitrogens is 2. The van der Waals surface area contributed by atoms with Gasteiger partial charge in [0.2, 0.25) is 5.95 Å². The van der Waals surface area contributed by atoms with E-state index in [1.807, 2.05) is 43.3 Å². The molecule has 0 amide bonds. The number of unbranched alkanes of at least 4 members (excludes halogenated alkanes) is 2. The second-order valence-corrected chi connectivity index (χ2v) is 7.23. The van der Waals surface area contributed by atoms with Gasteiger partial charge in [0.15, 0.2) is 0 Å². The number of anilines is 4. The molecule has 0 radical (unpaired) electrons. The maximum absolute atomic E-state index is 13.5. The second kappa shape index (κ2) is 9.61. The molecular weight excluding hydrogens is 389 g/mol. The standard InChI is InChI=1S/C23H25F3N4/c1-3-4-5-9-17-10-7-12-19(14-17)28-21-20(23(24,25)26)15-27-22(30-21)29-18-11-6-8-16(2)13-18/h6-8,10-15H,3-5,9H2,1-2H3,(H2,27,28,29,30). The van der Waals surface area contributed by atoms with Gasteiger partial charge in [-0.15, -0.1) is 0 Å². The van der Waals surface area contributed by atoms with E-state index in [0.29, 0.717) is 11.4 Å². The zero-order chi connectivity index (χ0) is 21.6. The highest BCUT2D eigenvalue weighted by Gasteiger charge is 2.35. The number of aryl methyl sites for hydroxylation is 2. The molecule has 0 fully saturated rings. The average molecular weight is 414 g/mol. The first-order valence-corrected chi connectivity index (χ1v) is 9.99. The van der Waals surface area contributed by atoms with Gasteiger partial charge < -0.3 is 10.6 Å². The third-order valence-corrected chi connectivity index (χ3v) is 4.63. The maximum atomic E-state index is 13.5. The van der Waals surface area contributed by atoms with Crippen molar-refractivity contribution in [3.8, 4) is 0 Å². The first kappa shape index (κ1) is 21.6. The fourth-order valence-electron chi connectivity index (χ4n) is 3.12. The summed E-state index contributed by atoms with van der Waals surface area (Å²) in [5.74, 6) is -0.187. The largest absolute Gasteiger partial charge is 0.421 e. The quantitative estimate of drug-likeness (QED) is 0.389. The molecule has 2 N–H and O–H groups in total. The Hall–Kier alpha value is -3.09. The number of nitrogens with one attached hydrogen (secondary N) is 2. The van der Waals surface area contributed by atoms with E-state index in [2.05, 4.69) is 27.5 Å². The predicted octanol–water partition coefficient (Wildman–Crippen LogP) is 7.02. The molecule has 0 saturated carbocycles. The number of hydrogen-bond donors (Lipinski definition) is 2. The van der Waals surface area contributed by atoms with E-state index in [1.54, 1.807) is 12.1 Å². The van der Waals surface area contributed by atoms with Crippen LogP contribution in [0.2, 0.25) is 0 Å². The lowest BCUT2D eigenvalue weighted by molar-refractivity contribution is -0.137. The lowest BCUT2D eigenvalue weighted by atomic mass is 10.1. The lowest BCUT2D eigenvalue weighted by Crippen LogP contribution is -2.12. The van der Waals surface area contributed by atoms with Gasteiger partial charge in [-0.05, 0) is 55.2 Å². The monoisotopic (exact) mass is 414 g/mol. The highest BCUT2D eigenvalue weighted by atomic mass is 19.4. The third kappa shape index (κ3) is 5.95. The van der Waals surface area contributed by atoms with Crippen LogP contribution in [0.15, 0.2) is 54.7 Å². The van der Waals surface area contributed by atoms with Crippen molar-refractivity contribution < 1.29 is 13.2 Å². The lowest BCUT2D eigenvalue weighted by Gasteiger charge is -2.15. The summed E-state index contributed by atoms with van der Waals surface area (Å²) in [6, 6.07) is 14.9. The van der Waals surface area contributed by atoms with Crippen molar-refractivity contribution in [3.05, 3.63) is 71.4 Å². The van der Waals surface area contributed by atoms with Crippen molar-refractivity contribution in [2.75, 3.05) is 10.6 Å². The van der Waals surface area contributed by atoms with Crippen LogP contribution in [0.4, 0.5) is 36.3 Å². The van der Waals surface area contributed by atoms with Gasteiger partial charge in [-0.1, -0.05) is 44.0 Å². The van der Waals surface area contributed by atoms with Crippen molar-refractivity contribution in [1.29, 1.82) is 0 Å². The van der Waals surface area contributed by atoms with E-state index in [4.69, 9.17) is 0 Å². The Balaban J connectivity index is 1.87. The minimum Gasteiger partial charge on any atom is -0.340 e. The predicted molar refractivity (Wildman–Crippen MR) is 114 cm³/mol. The van der Waals surface area contributed by atoms with E-state index in [-0.39, 0.29) is 11.8 Å². The van der Waals surface area contributed by atoms with Gasteiger partial charge >= 0.3 is 6.18 Å². The molecular formula is C23H25F3N4. The normalized spacial score (nSPS) is 11.4.